The smallest absolute Gasteiger partial charge is 0.150 e. The van der Waals surface area contributed by atoms with Crippen molar-refractivity contribution in [2.75, 3.05) is 0 Å². The lowest BCUT2D eigenvalue weighted by molar-refractivity contribution is -0.108. The van der Waals surface area contributed by atoms with Crippen LogP contribution in [0.3, 0.4) is 0 Å². The number of aldehydes is 1. The number of rotatable bonds is 1. The van der Waals surface area contributed by atoms with E-state index in [9.17, 15) is 13.6 Å². The number of carbonyl (C=O) groups is 1. The van der Waals surface area contributed by atoms with Gasteiger partial charge in [0, 0.05) is 23.9 Å². The Morgan fingerprint density at radius 3 is 2.24 bits per heavy atom. The average Bonchev–Trinajstić information content (AvgIpc) is 2.62. The van der Waals surface area contributed by atoms with Gasteiger partial charge in [0.25, 0.3) is 0 Å². The van der Waals surface area contributed by atoms with Crippen LogP contribution in [0.5, 0.6) is 5.75 Å². The number of aliphatic imine (C=N–C) groups is 1. The van der Waals surface area contributed by atoms with Crippen molar-refractivity contribution in [3.8, 4) is 5.75 Å². The standard InChI is InChI=1S/C6H4F2O.C5H6N2O/c7-4-1-5(8)3-6(9)2-4;1-4-5(2-8)7-3-6-4/h1-3,9H;2-3,5H,1H2,(H,6,7). The van der Waals surface area contributed by atoms with Crippen LogP contribution in [0.25, 0.3) is 0 Å². The molecule has 0 radical (unpaired) electrons. The first kappa shape index (κ1) is 12.8. The van der Waals surface area contributed by atoms with Crippen LogP contribution in [0, 0.1) is 11.6 Å². The van der Waals surface area contributed by atoms with Crippen LogP contribution in [0.1, 0.15) is 0 Å². The molecule has 1 unspecified atom stereocenters. The molecular weight excluding hydrogens is 230 g/mol. The summed E-state index contributed by atoms with van der Waals surface area (Å²) in [6, 6.07) is 2.02. The molecule has 0 bridgehead atoms. The molecule has 1 aromatic rings. The first-order valence-electron chi connectivity index (χ1n) is 4.60. The summed E-state index contributed by atoms with van der Waals surface area (Å²) in [5, 5.41) is 11.2. The van der Waals surface area contributed by atoms with Gasteiger partial charge < -0.3 is 15.2 Å². The summed E-state index contributed by atoms with van der Waals surface area (Å²) in [6.45, 7) is 3.54. The van der Waals surface area contributed by atoms with E-state index in [4.69, 9.17) is 5.11 Å². The second-order valence-corrected chi connectivity index (χ2v) is 3.16. The van der Waals surface area contributed by atoms with Gasteiger partial charge in [-0.3, -0.25) is 4.99 Å². The zero-order chi connectivity index (χ0) is 12.8. The van der Waals surface area contributed by atoms with Crippen LogP contribution in [0.4, 0.5) is 8.78 Å². The highest BCUT2D eigenvalue weighted by Crippen LogP contribution is 2.12. The first-order valence-corrected chi connectivity index (χ1v) is 4.60. The molecule has 2 N–H and O–H groups in total. The monoisotopic (exact) mass is 240 g/mol. The number of nitrogens with zero attached hydrogens (tertiary/aromatic N) is 1. The second-order valence-electron chi connectivity index (χ2n) is 3.16. The number of phenolic OH excluding ortho intramolecular Hbond substituents is 1. The largest absolute Gasteiger partial charge is 0.508 e. The van der Waals surface area contributed by atoms with Crippen molar-refractivity contribution in [2.45, 2.75) is 6.04 Å². The molecule has 4 nitrogen and oxygen atoms in total. The Morgan fingerprint density at radius 2 is 1.94 bits per heavy atom. The SMILES string of the molecule is C=C1NC=NC1C=O.Oc1cc(F)cc(F)c1. The van der Waals surface area contributed by atoms with Gasteiger partial charge in [-0.15, -0.1) is 0 Å². The van der Waals surface area contributed by atoms with E-state index in [1.807, 2.05) is 0 Å². The molecule has 1 heterocycles. The number of nitrogens with one attached hydrogen (secondary N) is 1. The number of halogens is 2. The molecule has 6 heteroatoms. The van der Waals surface area contributed by atoms with Gasteiger partial charge in [-0.2, -0.15) is 0 Å². The number of phenols is 1. The molecule has 0 aromatic heterocycles. The summed E-state index contributed by atoms with van der Waals surface area (Å²) in [4.78, 5) is 13.7. The fourth-order valence-corrected chi connectivity index (χ4v) is 1.03. The molecule has 17 heavy (non-hydrogen) atoms. The van der Waals surface area contributed by atoms with Crippen LogP contribution in [-0.4, -0.2) is 23.8 Å². The Balaban J connectivity index is 0.000000171. The maximum atomic E-state index is 12.0. The molecule has 0 spiro atoms. The predicted molar refractivity (Wildman–Crippen MR) is 58.6 cm³/mol. The Kier molecular flexibility index (Phi) is 4.33. The van der Waals surface area contributed by atoms with Crippen molar-refractivity contribution in [1.29, 1.82) is 0 Å². The molecule has 1 aliphatic rings. The summed E-state index contributed by atoms with van der Waals surface area (Å²) in [6.07, 6.45) is 2.22. The quantitative estimate of drug-likeness (QED) is 0.729. The fourth-order valence-electron chi connectivity index (χ4n) is 1.03. The maximum Gasteiger partial charge on any atom is 0.150 e. The van der Waals surface area contributed by atoms with E-state index in [1.165, 1.54) is 6.34 Å². The molecule has 0 saturated carbocycles. The normalized spacial score (nSPS) is 17.1. The minimum Gasteiger partial charge on any atom is -0.508 e. The highest BCUT2D eigenvalue weighted by molar-refractivity contribution is 5.74. The van der Waals surface area contributed by atoms with Crippen LogP contribution >= 0.6 is 0 Å². The number of hydrogen-bond donors (Lipinski definition) is 2. The summed E-state index contributed by atoms with van der Waals surface area (Å²) in [5.74, 6) is -1.94. The lowest BCUT2D eigenvalue weighted by atomic mass is 10.3. The topological polar surface area (TPSA) is 61.7 Å². The minimum absolute atomic E-state index is 0.352. The van der Waals surface area contributed by atoms with Crippen molar-refractivity contribution in [3.05, 3.63) is 42.1 Å². The van der Waals surface area contributed by atoms with E-state index in [0.29, 0.717) is 11.8 Å². The van der Waals surface area contributed by atoms with Crippen LogP contribution in [0.2, 0.25) is 0 Å². The van der Waals surface area contributed by atoms with Gasteiger partial charge in [0.05, 0.1) is 6.34 Å². The molecule has 0 amide bonds. The number of aromatic hydroxyl groups is 1. The molecule has 1 aromatic carbocycles. The number of benzene rings is 1. The number of hydrogen-bond acceptors (Lipinski definition) is 4. The van der Waals surface area contributed by atoms with E-state index < -0.39 is 17.4 Å². The van der Waals surface area contributed by atoms with Gasteiger partial charge in [-0.1, -0.05) is 6.58 Å². The van der Waals surface area contributed by atoms with Crippen molar-refractivity contribution < 1.29 is 18.7 Å². The molecule has 0 aliphatic carbocycles. The van der Waals surface area contributed by atoms with Gasteiger partial charge in [0.1, 0.15) is 23.4 Å². The molecule has 1 atom stereocenters. The second kappa shape index (κ2) is 5.74. The molecule has 0 fully saturated rings. The van der Waals surface area contributed by atoms with Gasteiger partial charge >= 0.3 is 0 Å². The number of carbonyl (C=O) groups excluding carboxylic acids is 1. The summed E-state index contributed by atoms with van der Waals surface area (Å²) < 4.78 is 24.1. The molecule has 1 aliphatic heterocycles. The van der Waals surface area contributed by atoms with Crippen LogP contribution in [0.15, 0.2) is 35.5 Å². The Hall–Kier alpha value is -2.24. The Bertz CT molecular complexity index is 410. The van der Waals surface area contributed by atoms with Crippen molar-refractivity contribution in [3.63, 3.8) is 0 Å². The van der Waals surface area contributed by atoms with Gasteiger partial charge in [-0.25, -0.2) is 8.78 Å². The van der Waals surface area contributed by atoms with Crippen LogP contribution < -0.4 is 5.32 Å². The van der Waals surface area contributed by atoms with Crippen LogP contribution in [-0.2, 0) is 4.79 Å². The van der Waals surface area contributed by atoms with E-state index in [2.05, 4.69) is 16.9 Å². The first-order chi connectivity index (χ1) is 8.02. The summed E-state index contributed by atoms with van der Waals surface area (Å²) in [5.41, 5.74) is 0.653. The summed E-state index contributed by atoms with van der Waals surface area (Å²) in [7, 11) is 0. The molecular formula is C11H10F2N2O2. The van der Waals surface area contributed by atoms with E-state index in [1.54, 1.807) is 0 Å². The molecule has 90 valence electrons. The van der Waals surface area contributed by atoms with Gasteiger partial charge in [-0.05, 0) is 0 Å². The summed E-state index contributed by atoms with van der Waals surface area (Å²) >= 11 is 0. The van der Waals surface area contributed by atoms with E-state index >= 15 is 0 Å². The molecule has 0 saturated heterocycles. The maximum absolute atomic E-state index is 12.0. The molecule has 2 rings (SSSR count). The highest BCUT2D eigenvalue weighted by atomic mass is 19.1. The third-order valence-corrected chi connectivity index (χ3v) is 1.82. The van der Waals surface area contributed by atoms with Crippen molar-refractivity contribution in [1.82, 2.24) is 5.32 Å². The average molecular weight is 240 g/mol. The Morgan fingerprint density at radius 1 is 1.35 bits per heavy atom. The van der Waals surface area contributed by atoms with E-state index in [-0.39, 0.29) is 6.04 Å². The van der Waals surface area contributed by atoms with Gasteiger partial charge in [0.2, 0.25) is 0 Å². The third-order valence-electron chi connectivity index (χ3n) is 1.82. The third kappa shape index (κ3) is 4.02. The van der Waals surface area contributed by atoms with Gasteiger partial charge in [0.15, 0.2) is 6.29 Å². The highest BCUT2D eigenvalue weighted by Gasteiger charge is 2.11. The van der Waals surface area contributed by atoms with Crippen molar-refractivity contribution >= 4 is 12.6 Å². The minimum atomic E-state index is -0.771. The lowest BCUT2D eigenvalue weighted by Gasteiger charge is -1.95. The van der Waals surface area contributed by atoms with Crippen molar-refractivity contribution in [2.24, 2.45) is 4.99 Å². The fraction of sp³-hybridized carbons (Fsp3) is 0.0909. The predicted octanol–water partition coefficient (Wildman–Crippen LogP) is 1.37. The zero-order valence-electron chi connectivity index (χ0n) is 8.73. The lowest BCUT2D eigenvalue weighted by Crippen LogP contribution is -2.11. The Labute approximate surface area is 96.3 Å². The van der Waals surface area contributed by atoms with E-state index in [0.717, 1.165) is 18.4 Å². The zero-order valence-corrected chi connectivity index (χ0v) is 8.73.